The molecule has 1 aliphatic carbocycles. The molecule has 1 saturated carbocycles. The van der Waals surface area contributed by atoms with Crippen LogP contribution in [0.4, 0.5) is 18.9 Å². The molecule has 1 saturated heterocycles. The summed E-state index contributed by atoms with van der Waals surface area (Å²) in [4.78, 5) is 17.1. The molecule has 0 bridgehead atoms. The third-order valence-corrected chi connectivity index (χ3v) is 6.01. The number of carbonyl (C=O) groups is 1. The minimum atomic E-state index is -4.43. The molecule has 1 amide bonds. The lowest BCUT2D eigenvalue weighted by atomic mass is 9.88. The standard InChI is InChI=1S/C20H28F3N3O.ClH/c1-25(17-6-2-3-7-18(17)26-10-4-5-11-26)19(27)12-14-8-9-15(13-16(14)24)20(21,22)23;/h8-9,13,17-18H,2-7,10-12,24H2,1H3;1H/t17-,18-;/m1./s1. The largest absolute Gasteiger partial charge is 0.416 e. The fraction of sp³-hybridized carbons (Fsp3) is 0.650. The van der Waals surface area contributed by atoms with Crippen molar-refractivity contribution in [3.05, 3.63) is 29.3 Å². The van der Waals surface area contributed by atoms with Crippen LogP contribution in [0.2, 0.25) is 0 Å². The first kappa shape index (κ1) is 22.8. The maximum absolute atomic E-state index is 12.8. The SMILES string of the molecule is CN(C(=O)Cc1ccc(C(F)(F)F)cc1N)[C@@H]1CCCC[C@H]1N1CCCC1.Cl. The van der Waals surface area contributed by atoms with Crippen molar-refractivity contribution in [1.82, 2.24) is 9.80 Å². The summed E-state index contributed by atoms with van der Waals surface area (Å²) in [5, 5.41) is 0. The number of halogens is 4. The molecule has 1 heterocycles. The van der Waals surface area contributed by atoms with E-state index in [1.165, 1.54) is 25.3 Å². The zero-order chi connectivity index (χ0) is 19.6. The van der Waals surface area contributed by atoms with Gasteiger partial charge in [0.05, 0.1) is 12.0 Å². The van der Waals surface area contributed by atoms with Gasteiger partial charge in [-0.1, -0.05) is 18.9 Å². The lowest BCUT2D eigenvalue weighted by molar-refractivity contribution is -0.137. The highest BCUT2D eigenvalue weighted by Gasteiger charge is 2.36. The average Bonchev–Trinajstić information content (AvgIpc) is 3.16. The number of rotatable bonds is 4. The van der Waals surface area contributed by atoms with Gasteiger partial charge in [0.15, 0.2) is 0 Å². The van der Waals surface area contributed by atoms with Crippen molar-refractivity contribution in [3.8, 4) is 0 Å². The summed E-state index contributed by atoms with van der Waals surface area (Å²) in [5.41, 5.74) is 5.48. The molecule has 8 heteroatoms. The zero-order valence-corrected chi connectivity index (χ0v) is 17.0. The average molecular weight is 420 g/mol. The van der Waals surface area contributed by atoms with Crippen LogP contribution >= 0.6 is 12.4 Å². The van der Waals surface area contributed by atoms with Crippen molar-refractivity contribution < 1.29 is 18.0 Å². The van der Waals surface area contributed by atoms with E-state index < -0.39 is 11.7 Å². The van der Waals surface area contributed by atoms with E-state index in [0.717, 1.165) is 44.5 Å². The number of alkyl halides is 3. The van der Waals surface area contributed by atoms with Gasteiger partial charge in [0, 0.05) is 24.8 Å². The van der Waals surface area contributed by atoms with Crippen LogP contribution in [0, 0.1) is 0 Å². The lowest BCUT2D eigenvalue weighted by Crippen LogP contribution is -2.53. The number of nitrogens with two attached hydrogens (primary N) is 1. The topological polar surface area (TPSA) is 49.6 Å². The Morgan fingerprint density at radius 2 is 1.82 bits per heavy atom. The molecule has 1 aromatic carbocycles. The van der Waals surface area contributed by atoms with Crippen LogP contribution in [-0.4, -0.2) is 47.9 Å². The highest BCUT2D eigenvalue weighted by Crippen LogP contribution is 2.32. The number of carbonyl (C=O) groups excluding carboxylic acids is 1. The summed E-state index contributed by atoms with van der Waals surface area (Å²) < 4.78 is 38.4. The van der Waals surface area contributed by atoms with Crippen LogP contribution in [0.5, 0.6) is 0 Å². The maximum Gasteiger partial charge on any atom is 0.416 e. The van der Waals surface area contributed by atoms with E-state index in [1.54, 1.807) is 4.90 Å². The van der Waals surface area contributed by atoms with Crippen molar-refractivity contribution in [2.24, 2.45) is 0 Å². The number of hydrogen-bond donors (Lipinski definition) is 1. The minimum Gasteiger partial charge on any atom is -0.398 e. The number of likely N-dealkylation sites (N-methyl/N-ethyl adjacent to an activating group) is 1. The summed E-state index contributed by atoms with van der Waals surface area (Å²) in [5.74, 6) is -0.0856. The first-order chi connectivity index (χ1) is 12.8. The van der Waals surface area contributed by atoms with E-state index in [2.05, 4.69) is 4.90 Å². The number of hydrogen-bond acceptors (Lipinski definition) is 3. The van der Waals surface area contributed by atoms with E-state index in [1.807, 2.05) is 7.05 Å². The Balaban J connectivity index is 0.00000280. The molecule has 3 rings (SSSR count). The molecule has 2 atom stereocenters. The number of nitrogen functional groups attached to an aromatic ring is 1. The quantitative estimate of drug-likeness (QED) is 0.747. The van der Waals surface area contributed by atoms with Gasteiger partial charge in [-0.3, -0.25) is 9.69 Å². The Bertz CT molecular complexity index is 677. The predicted octanol–water partition coefficient (Wildman–Crippen LogP) is 4.12. The van der Waals surface area contributed by atoms with Gasteiger partial charge in [0.2, 0.25) is 5.91 Å². The molecule has 28 heavy (non-hydrogen) atoms. The Hall–Kier alpha value is -1.47. The van der Waals surface area contributed by atoms with Gasteiger partial charge in [-0.05, 0) is 56.5 Å². The van der Waals surface area contributed by atoms with Crippen molar-refractivity contribution in [2.45, 2.75) is 63.2 Å². The number of benzene rings is 1. The third-order valence-electron chi connectivity index (χ3n) is 6.01. The van der Waals surface area contributed by atoms with Gasteiger partial charge >= 0.3 is 6.18 Å². The molecular formula is C20H29ClF3N3O. The van der Waals surface area contributed by atoms with E-state index >= 15 is 0 Å². The number of amides is 1. The monoisotopic (exact) mass is 419 g/mol. The summed E-state index contributed by atoms with van der Waals surface area (Å²) >= 11 is 0. The van der Waals surface area contributed by atoms with Gasteiger partial charge in [-0.2, -0.15) is 13.2 Å². The van der Waals surface area contributed by atoms with Crippen molar-refractivity contribution in [3.63, 3.8) is 0 Å². The zero-order valence-electron chi connectivity index (χ0n) is 16.2. The second-order valence-corrected chi connectivity index (χ2v) is 7.76. The number of likely N-dealkylation sites (tertiary alicyclic amines) is 1. The van der Waals surface area contributed by atoms with Crippen LogP contribution in [0.3, 0.4) is 0 Å². The Kier molecular flexibility index (Phi) is 7.62. The summed E-state index contributed by atoms with van der Waals surface area (Å²) in [6.07, 6.45) is 2.39. The van der Waals surface area contributed by atoms with E-state index in [-0.39, 0.29) is 36.5 Å². The van der Waals surface area contributed by atoms with Gasteiger partial charge in [0.1, 0.15) is 0 Å². The van der Waals surface area contributed by atoms with Crippen LogP contribution < -0.4 is 5.73 Å². The third kappa shape index (κ3) is 5.11. The number of nitrogens with zero attached hydrogens (tertiary/aromatic N) is 2. The molecular weight excluding hydrogens is 391 g/mol. The summed E-state index contributed by atoms with van der Waals surface area (Å²) in [7, 11) is 1.82. The molecule has 0 radical (unpaired) electrons. The number of anilines is 1. The molecule has 0 unspecified atom stereocenters. The Morgan fingerprint density at radius 1 is 1.18 bits per heavy atom. The molecule has 2 fully saturated rings. The first-order valence-electron chi connectivity index (χ1n) is 9.72. The van der Waals surface area contributed by atoms with E-state index in [4.69, 9.17) is 5.73 Å². The smallest absolute Gasteiger partial charge is 0.398 e. The van der Waals surface area contributed by atoms with Gasteiger partial charge < -0.3 is 10.6 Å². The second-order valence-electron chi connectivity index (χ2n) is 7.76. The fourth-order valence-electron chi connectivity index (χ4n) is 4.45. The van der Waals surface area contributed by atoms with Crippen LogP contribution in [0.1, 0.15) is 49.7 Å². The maximum atomic E-state index is 12.8. The van der Waals surface area contributed by atoms with Crippen LogP contribution in [0.15, 0.2) is 18.2 Å². The molecule has 158 valence electrons. The normalized spacial score (nSPS) is 23.3. The predicted molar refractivity (Wildman–Crippen MR) is 106 cm³/mol. The molecule has 2 aliphatic rings. The molecule has 4 nitrogen and oxygen atoms in total. The van der Waals surface area contributed by atoms with Crippen molar-refractivity contribution >= 4 is 24.0 Å². The van der Waals surface area contributed by atoms with E-state index in [0.29, 0.717) is 11.6 Å². The van der Waals surface area contributed by atoms with Crippen molar-refractivity contribution in [1.29, 1.82) is 0 Å². The molecule has 1 aromatic rings. The van der Waals surface area contributed by atoms with Gasteiger partial charge in [-0.15, -0.1) is 12.4 Å². The minimum absolute atomic E-state index is 0. The lowest BCUT2D eigenvalue weighted by Gasteiger charge is -2.42. The Morgan fingerprint density at radius 3 is 2.43 bits per heavy atom. The molecule has 2 N–H and O–H groups in total. The van der Waals surface area contributed by atoms with Crippen molar-refractivity contribution in [2.75, 3.05) is 25.9 Å². The summed E-state index contributed by atoms with van der Waals surface area (Å²) in [6, 6.07) is 3.78. The van der Waals surface area contributed by atoms with Crippen LogP contribution in [-0.2, 0) is 17.4 Å². The molecule has 1 aliphatic heterocycles. The first-order valence-corrected chi connectivity index (χ1v) is 9.72. The highest BCUT2D eigenvalue weighted by molar-refractivity contribution is 5.85. The fourth-order valence-corrected chi connectivity index (χ4v) is 4.45. The Labute approximate surface area is 170 Å². The van der Waals surface area contributed by atoms with Crippen LogP contribution in [0.25, 0.3) is 0 Å². The van der Waals surface area contributed by atoms with Gasteiger partial charge in [-0.25, -0.2) is 0 Å². The summed E-state index contributed by atoms with van der Waals surface area (Å²) in [6.45, 7) is 2.18. The second kappa shape index (κ2) is 9.35. The van der Waals surface area contributed by atoms with Gasteiger partial charge in [0.25, 0.3) is 0 Å². The molecule has 0 spiro atoms. The molecule has 0 aromatic heterocycles. The van der Waals surface area contributed by atoms with E-state index in [9.17, 15) is 18.0 Å². The highest BCUT2D eigenvalue weighted by atomic mass is 35.5.